The Hall–Kier alpha value is -0.820. The zero-order chi connectivity index (χ0) is 13.7. The third-order valence-corrected chi connectivity index (χ3v) is 3.76. The molecule has 0 bridgehead atoms. The van der Waals surface area contributed by atoms with Crippen LogP contribution < -0.4 is 5.32 Å². The molecule has 1 unspecified atom stereocenters. The SMILES string of the molecule is Cc1cc(C)c(C(C)NCCCC(C)C)cc1C. The minimum Gasteiger partial charge on any atom is -0.310 e. The number of hydrogen-bond acceptors (Lipinski definition) is 1. The zero-order valence-corrected chi connectivity index (χ0v) is 12.9. The third kappa shape index (κ3) is 4.45. The average molecular weight is 247 g/mol. The number of nitrogens with one attached hydrogen (secondary N) is 1. The lowest BCUT2D eigenvalue weighted by atomic mass is 9.96. The maximum atomic E-state index is 3.64. The highest BCUT2D eigenvalue weighted by molar-refractivity contribution is 5.37. The van der Waals surface area contributed by atoms with Crippen LogP contribution in [-0.2, 0) is 0 Å². The fourth-order valence-corrected chi connectivity index (χ4v) is 2.39. The molecule has 0 saturated heterocycles. The first kappa shape index (κ1) is 15.2. The Labute approximate surface area is 113 Å². The Morgan fingerprint density at radius 3 is 2.17 bits per heavy atom. The van der Waals surface area contributed by atoms with E-state index in [1.807, 2.05) is 0 Å². The summed E-state index contributed by atoms with van der Waals surface area (Å²) in [6, 6.07) is 5.10. The molecule has 1 nitrogen and oxygen atoms in total. The summed E-state index contributed by atoms with van der Waals surface area (Å²) < 4.78 is 0. The van der Waals surface area contributed by atoms with E-state index in [1.54, 1.807) is 0 Å². The van der Waals surface area contributed by atoms with Crippen molar-refractivity contribution in [2.45, 2.75) is 60.4 Å². The Bertz CT molecular complexity index is 379. The lowest BCUT2D eigenvalue weighted by molar-refractivity contribution is 0.496. The van der Waals surface area contributed by atoms with E-state index in [2.05, 4.69) is 59.0 Å². The molecule has 0 aromatic heterocycles. The van der Waals surface area contributed by atoms with Crippen molar-refractivity contribution >= 4 is 0 Å². The predicted molar refractivity (Wildman–Crippen MR) is 81.1 cm³/mol. The van der Waals surface area contributed by atoms with E-state index in [0.717, 1.165) is 12.5 Å². The van der Waals surface area contributed by atoms with Gasteiger partial charge in [-0.1, -0.05) is 26.0 Å². The van der Waals surface area contributed by atoms with Crippen molar-refractivity contribution < 1.29 is 0 Å². The Balaban J connectivity index is 2.56. The molecule has 0 aliphatic heterocycles. The molecule has 1 heteroatoms. The summed E-state index contributed by atoms with van der Waals surface area (Å²) in [6.45, 7) is 14.6. The van der Waals surface area contributed by atoms with Crippen molar-refractivity contribution in [2.75, 3.05) is 6.54 Å². The molecule has 1 N–H and O–H groups in total. The van der Waals surface area contributed by atoms with Crippen LogP contribution in [0.15, 0.2) is 12.1 Å². The summed E-state index contributed by atoms with van der Waals surface area (Å²) in [4.78, 5) is 0. The summed E-state index contributed by atoms with van der Waals surface area (Å²) in [7, 11) is 0. The molecule has 0 fully saturated rings. The Morgan fingerprint density at radius 1 is 0.944 bits per heavy atom. The first-order valence-corrected chi connectivity index (χ1v) is 7.23. The van der Waals surface area contributed by atoms with Crippen LogP contribution in [0.5, 0.6) is 0 Å². The van der Waals surface area contributed by atoms with E-state index in [4.69, 9.17) is 0 Å². The Morgan fingerprint density at radius 2 is 1.56 bits per heavy atom. The molecular formula is C17H29N. The minimum absolute atomic E-state index is 0.455. The third-order valence-electron chi connectivity index (χ3n) is 3.76. The molecule has 102 valence electrons. The van der Waals surface area contributed by atoms with Gasteiger partial charge < -0.3 is 5.32 Å². The first-order valence-electron chi connectivity index (χ1n) is 7.23. The molecule has 18 heavy (non-hydrogen) atoms. The molecule has 0 aliphatic carbocycles. The van der Waals surface area contributed by atoms with Crippen molar-refractivity contribution in [1.29, 1.82) is 0 Å². The highest BCUT2D eigenvalue weighted by Crippen LogP contribution is 2.21. The van der Waals surface area contributed by atoms with E-state index < -0.39 is 0 Å². The zero-order valence-electron chi connectivity index (χ0n) is 12.9. The van der Waals surface area contributed by atoms with Crippen LogP contribution >= 0.6 is 0 Å². The van der Waals surface area contributed by atoms with Gasteiger partial charge in [0.2, 0.25) is 0 Å². The van der Waals surface area contributed by atoms with E-state index in [9.17, 15) is 0 Å². The summed E-state index contributed by atoms with van der Waals surface area (Å²) >= 11 is 0. The second-order valence-electron chi connectivity index (χ2n) is 6.00. The van der Waals surface area contributed by atoms with Crippen LogP contribution in [0.3, 0.4) is 0 Å². The van der Waals surface area contributed by atoms with E-state index in [-0.39, 0.29) is 0 Å². The second kappa shape index (κ2) is 6.94. The monoisotopic (exact) mass is 247 g/mol. The molecule has 0 saturated carbocycles. The normalized spacial score (nSPS) is 13.1. The van der Waals surface area contributed by atoms with Crippen LogP contribution in [0.25, 0.3) is 0 Å². The molecule has 0 aliphatic rings. The molecule has 0 spiro atoms. The topological polar surface area (TPSA) is 12.0 Å². The van der Waals surface area contributed by atoms with Crippen LogP contribution in [0, 0.1) is 26.7 Å². The maximum Gasteiger partial charge on any atom is 0.0294 e. The molecule has 1 aromatic rings. The standard InChI is InChI=1S/C17H29N/c1-12(2)8-7-9-18-16(6)17-11-14(4)13(3)10-15(17)5/h10-12,16,18H,7-9H2,1-6H3. The summed E-state index contributed by atoms with van der Waals surface area (Å²) in [5, 5.41) is 3.64. The highest BCUT2D eigenvalue weighted by Gasteiger charge is 2.09. The summed E-state index contributed by atoms with van der Waals surface area (Å²) in [6.07, 6.45) is 2.58. The first-order chi connectivity index (χ1) is 8.41. The predicted octanol–water partition coefficient (Wildman–Crippen LogP) is 4.70. The summed E-state index contributed by atoms with van der Waals surface area (Å²) in [5.74, 6) is 0.811. The van der Waals surface area contributed by atoms with Crippen LogP contribution in [0.2, 0.25) is 0 Å². The van der Waals surface area contributed by atoms with Gasteiger partial charge in [0.15, 0.2) is 0 Å². The van der Waals surface area contributed by atoms with Crippen molar-refractivity contribution in [3.8, 4) is 0 Å². The van der Waals surface area contributed by atoms with Crippen LogP contribution in [0.4, 0.5) is 0 Å². The average Bonchev–Trinajstić information content (AvgIpc) is 2.28. The van der Waals surface area contributed by atoms with Gasteiger partial charge in [-0.15, -0.1) is 0 Å². The fraction of sp³-hybridized carbons (Fsp3) is 0.647. The lowest BCUT2D eigenvalue weighted by Gasteiger charge is -2.18. The number of hydrogen-bond donors (Lipinski definition) is 1. The molecule has 0 radical (unpaired) electrons. The van der Waals surface area contributed by atoms with Gasteiger partial charge >= 0.3 is 0 Å². The van der Waals surface area contributed by atoms with Crippen LogP contribution in [-0.4, -0.2) is 6.54 Å². The molecule has 0 amide bonds. The molecule has 1 rings (SSSR count). The van der Waals surface area contributed by atoms with Crippen molar-refractivity contribution in [3.05, 3.63) is 34.4 Å². The molecule has 1 atom stereocenters. The lowest BCUT2D eigenvalue weighted by Crippen LogP contribution is -2.21. The second-order valence-corrected chi connectivity index (χ2v) is 6.00. The molecule has 1 aromatic carbocycles. The fourth-order valence-electron chi connectivity index (χ4n) is 2.39. The van der Waals surface area contributed by atoms with Gasteiger partial charge in [-0.25, -0.2) is 0 Å². The van der Waals surface area contributed by atoms with Crippen molar-refractivity contribution in [1.82, 2.24) is 5.32 Å². The van der Waals surface area contributed by atoms with Crippen molar-refractivity contribution in [2.24, 2.45) is 5.92 Å². The quantitative estimate of drug-likeness (QED) is 0.719. The van der Waals surface area contributed by atoms with E-state index >= 15 is 0 Å². The number of aryl methyl sites for hydroxylation is 3. The number of rotatable bonds is 6. The van der Waals surface area contributed by atoms with Gasteiger partial charge in [0.1, 0.15) is 0 Å². The highest BCUT2D eigenvalue weighted by atomic mass is 14.9. The van der Waals surface area contributed by atoms with Crippen LogP contribution in [0.1, 0.15) is 61.9 Å². The van der Waals surface area contributed by atoms with Gasteiger partial charge in [0, 0.05) is 6.04 Å². The Kier molecular flexibility index (Phi) is 5.87. The van der Waals surface area contributed by atoms with Gasteiger partial charge in [-0.05, 0) is 75.3 Å². The molecular weight excluding hydrogens is 218 g/mol. The van der Waals surface area contributed by atoms with Gasteiger partial charge in [0.25, 0.3) is 0 Å². The largest absolute Gasteiger partial charge is 0.310 e. The number of benzene rings is 1. The van der Waals surface area contributed by atoms with Gasteiger partial charge in [-0.2, -0.15) is 0 Å². The van der Waals surface area contributed by atoms with Gasteiger partial charge in [-0.3, -0.25) is 0 Å². The van der Waals surface area contributed by atoms with E-state index in [1.165, 1.54) is 35.1 Å². The molecule has 0 heterocycles. The summed E-state index contributed by atoms with van der Waals surface area (Å²) in [5.41, 5.74) is 5.64. The van der Waals surface area contributed by atoms with Gasteiger partial charge in [0.05, 0.1) is 0 Å². The van der Waals surface area contributed by atoms with Crippen molar-refractivity contribution in [3.63, 3.8) is 0 Å². The smallest absolute Gasteiger partial charge is 0.0294 e. The minimum atomic E-state index is 0.455. The van der Waals surface area contributed by atoms with E-state index in [0.29, 0.717) is 6.04 Å². The maximum absolute atomic E-state index is 3.64.